The van der Waals surface area contributed by atoms with Gasteiger partial charge in [0.05, 0.1) is 17.1 Å². The fourth-order valence-corrected chi connectivity index (χ4v) is 1.92. The Bertz CT molecular complexity index is 207. The van der Waals surface area contributed by atoms with Crippen LogP contribution < -0.4 is 0 Å². The normalized spacial score (nSPS) is 20.5. The Morgan fingerprint density at radius 2 is 1.77 bits per heavy atom. The van der Waals surface area contributed by atoms with Crippen LogP contribution in [0, 0.1) is 22.7 Å². The largest absolute Gasteiger partial charge is 0.388 e. The van der Waals surface area contributed by atoms with Crippen molar-refractivity contribution < 1.29 is 5.11 Å². The number of nitrogens with zero attached hydrogens (tertiary/aromatic N) is 1. The maximum absolute atomic E-state index is 10.4. The minimum atomic E-state index is -0.865. The van der Waals surface area contributed by atoms with Gasteiger partial charge in [0.15, 0.2) is 0 Å². The van der Waals surface area contributed by atoms with Crippen molar-refractivity contribution in [3.63, 3.8) is 0 Å². The highest BCUT2D eigenvalue weighted by Gasteiger charge is 2.46. The molecule has 0 aliphatic carbocycles. The molecule has 0 heterocycles. The number of nitriles is 1. The van der Waals surface area contributed by atoms with E-state index in [1.807, 2.05) is 34.6 Å². The van der Waals surface area contributed by atoms with Crippen molar-refractivity contribution in [2.45, 2.75) is 53.1 Å². The molecule has 0 aromatic rings. The Morgan fingerprint density at radius 1 is 1.31 bits per heavy atom. The van der Waals surface area contributed by atoms with Crippen molar-refractivity contribution in [2.75, 3.05) is 0 Å². The summed E-state index contributed by atoms with van der Waals surface area (Å²) in [5.41, 5.74) is -1.49. The van der Waals surface area contributed by atoms with Crippen molar-refractivity contribution in [3.8, 4) is 6.07 Å². The van der Waals surface area contributed by atoms with Crippen LogP contribution in [0.3, 0.4) is 0 Å². The van der Waals surface area contributed by atoms with Crippen molar-refractivity contribution in [3.05, 3.63) is 0 Å². The molecule has 2 unspecified atom stereocenters. The Hall–Kier alpha value is -0.550. The summed E-state index contributed by atoms with van der Waals surface area (Å²) in [5, 5.41) is 19.5. The van der Waals surface area contributed by atoms with E-state index >= 15 is 0 Å². The van der Waals surface area contributed by atoms with Crippen LogP contribution in [0.4, 0.5) is 0 Å². The van der Waals surface area contributed by atoms with Gasteiger partial charge < -0.3 is 5.11 Å². The summed E-state index contributed by atoms with van der Waals surface area (Å²) >= 11 is 0. The lowest BCUT2D eigenvalue weighted by Crippen LogP contribution is -2.49. The van der Waals surface area contributed by atoms with Gasteiger partial charge in [-0.15, -0.1) is 0 Å². The smallest absolute Gasteiger partial charge is 0.0850 e. The van der Waals surface area contributed by atoms with Crippen LogP contribution in [0.15, 0.2) is 0 Å². The molecule has 0 spiro atoms. The van der Waals surface area contributed by atoms with E-state index in [1.54, 1.807) is 0 Å². The molecular weight excluding hydrogens is 162 g/mol. The van der Waals surface area contributed by atoms with Crippen molar-refractivity contribution >= 4 is 0 Å². The maximum Gasteiger partial charge on any atom is 0.0850 e. The fraction of sp³-hybridized carbons (Fsp3) is 0.909. The van der Waals surface area contributed by atoms with Gasteiger partial charge in [-0.05, 0) is 25.7 Å². The van der Waals surface area contributed by atoms with E-state index in [0.717, 1.165) is 0 Å². The number of hydrogen-bond donors (Lipinski definition) is 1. The minimum absolute atomic E-state index is 0.113. The molecule has 2 atom stereocenters. The summed E-state index contributed by atoms with van der Waals surface area (Å²) in [6.07, 6.45) is 1.31. The molecule has 0 aromatic heterocycles. The molecule has 13 heavy (non-hydrogen) atoms. The predicted octanol–water partition coefficient (Wildman–Crippen LogP) is 2.72. The average molecular weight is 183 g/mol. The van der Waals surface area contributed by atoms with Gasteiger partial charge in [0.1, 0.15) is 0 Å². The van der Waals surface area contributed by atoms with E-state index in [1.165, 1.54) is 0 Å². The quantitative estimate of drug-likeness (QED) is 0.728. The van der Waals surface area contributed by atoms with E-state index in [0.29, 0.717) is 12.8 Å². The van der Waals surface area contributed by atoms with E-state index in [9.17, 15) is 5.11 Å². The van der Waals surface area contributed by atoms with E-state index in [2.05, 4.69) is 6.07 Å². The van der Waals surface area contributed by atoms with E-state index in [-0.39, 0.29) is 5.92 Å². The molecule has 0 fully saturated rings. The lowest BCUT2D eigenvalue weighted by Gasteiger charge is -2.42. The third kappa shape index (κ3) is 1.86. The van der Waals surface area contributed by atoms with Gasteiger partial charge in [0.2, 0.25) is 0 Å². The van der Waals surface area contributed by atoms with Gasteiger partial charge in [0.25, 0.3) is 0 Å². The lowest BCUT2D eigenvalue weighted by molar-refractivity contribution is -0.0891. The maximum atomic E-state index is 10.4. The first-order chi connectivity index (χ1) is 5.88. The van der Waals surface area contributed by atoms with Crippen LogP contribution in [0.1, 0.15) is 47.5 Å². The molecule has 1 N–H and O–H groups in total. The second kappa shape index (κ2) is 4.11. The van der Waals surface area contributed by atoms with Crippen molar-refractivity contribution in [1.29, 1.82) is 5.26 Å². The molecule has 0 aliphatic rings. The number of hydrogen-bond acceptors (Lipinski definition) is 2. The highest BCUT2D eigenvalue weighted by atomic mass is 16.3. The lowest BCUT2D eigenvalue weighted by atomic mass is 9.65. The molecule has 0 amide bonds. The molecular formula is C11H21NO. The van der Waals surface area contributed by atoms with Gasteiger partial charge in [-0.3, -0.25) is 0 Å². The zero-order chi connectivity index (χ0) is 10.7. The summed E-state index contributed by atoms with van der Waals surface area (Å²) in [6.45, 7) is 9.66. The summed E-state index contributed by atoms with van der Waals surface area (Å²) in [4.78, 5) is 0. The van der Waals surface area contributed by atoms with Crippen molar-refractivity contribution in [1.82, 2.24) is 0 Å². The average Bonchev–Trinajstić information content (AvgIpc) is 2.14. The van der Waals surface area contributed by atoms with Crippen LogP contribution in [0.25, 0.3) is 0 Å². The molecule has 2 nitrogen and oxygen atoms in total. The summed E-state index contributed by atoms with van der Waals surface area (Å²) < 4.78 is 0. The first-order valence-corrected chi connectivity index (χ1v) is 5.01. The molecule has 2 heteroatoms. The molecule has 0 bridgehead atoms. The molecule has 0 rings (SSSR count). The highest BCUT2D eigenvalue weighted by molar-refractivity contribution is 5.09. The number of rotatable bonds is 4. The third-order valence-corrected chi connectivity index (χ3v) is 3.40. The standard InChI is InChI=1S/C11H21NO/c1-6-10(5,8-12)11(13,7-2)9(3)4/h9,13H,6-7H2,1-5H3. The molecule has 0 aromatic carbocycles. The molecule has 0 saturated heterocycles. The first kappa shape index (κ1) is 12.4. The fourth-order valence-electron chi connectivity index (χ4n) is 1.92. The van der Waals surface area contributed by atoms with Crippen LogP contribution in [-0.4, -0.2) is 10.7 Å². The predicted molar refractivity (Wildman–Crippen MR) is 54.1 cm³/mol. The van der Waals surface area contributed by atoms with Crippen LogP contribution in [-0.2, 0) is 0 Å². The van der Waals surface area contributed by atoms with Gasteiger partial charge in [-0.25, -0.2) is 0 Å². The van der Waals surface area contributed by atoms with Crippen molar-refractivity contribution in [2.24, 2.45) is 11.3 Å². The highest BCUT2D eigenvalue weighted by Crippen LogP contribution is 2.41. The second-order valence-corrected chi connectivity index (χ2v) is 4.23. The first-order valence-electron chi connectivity index (χ1n) is 5.01. The van der Waals surface area contributed by atoms with Crippen LogP contribution >= 0.6 is 0 Å². The summed E-state index contributed by atoms with van der Waals surface area (Å²) in [5.74, 6) is 0.113. The second-order valence-electron chi connectivity index (χ2n) is 4.23. The van der Waals surface area contributed by atoms with E-state index in [4.69, 9.17) is 5.26 Å². The van der Waals surface area contributed by atoms with Crippen LogP contribution in [0.5, 0.6) is 0 Å². The Labute approximate surface area is 81.6 Å². The van der Waals surface area contributed by atoms with Crippen LogP contribution in [0.2, 0.25) is 0 Å². The zero-order valence-corrected chi connectivity index (χ0v) is 9.39. The minimum Gasteiger partial charge on any atom is -0.388 e. The molecule has 0 saturated carbocycles. The van der Waals surface area contributed by atoms with Gasteiger partial charge >= 0.3 is 0 Å². The zero-order valence-electron chi connectivity index (χ0n) is 9.39. The Balaban J connectivity index is 5.06. The Kier molecular flexibility index (Phi) is 3.93. The molecule has 76 valence electrons. The Morgan fingerprint density at radius 3 is 1.85 bits per heavy atom. The monoisotopic (exact) mass is 183 g/mol. The molecule has 0 aliphatic heterocycles. The van der Waals surface area contributed by atoms with Gasteiger partial charge in [-0.2, -0.15) is 5.26 Å². The summed E-state index contributed by atoms with van der Waals surface area (Å²) in [7, 11) is 0. The number of aliphatic hydroxyl groups is 1. The van der Waals surface area contributed by atoms with Gasteiger partial charge in [0, 0.05) is 0 Å². The van der Waals surface area contributed by atoms with E-state index < -0.39 is 11.0 Å². The molecule has 0 radical (unpaired) electrons. The summed E-state index contributed by atoms with van der Waals surface area (Å²) in [6, 6.07) is 2.25. The third-order valence-electron chi connectivity index (χ3n) is 3.40. The topological polar surface area (TPSA) is 44.0 Å². The van der Waals surface area contributed by atoms with Gasteiger partial charge in [-0.1, -0.05) is 27.7 Å². The SMILES string of the molecule is CCC(C)(C#N)C(O)(CC)C(C)C.